The number of carbonyl (C=O) groups excluding carboxylic acids is 2. The molecule has 0 aromatic carbocycles. The van der Waals surface area contributed by atoms with E-state index in [1.807, 2.05) is 7.05 Å². The summed E-state index contributed by atoms with van der Waals surface area (Å²) in [6.07, 6.45) is 6.97. The molecule has 31 heavy (non-hydrogen) atoms. The van der Waals surface area contributed by atoms with E-state index in [4.69, 9.17) is 18.9 Å². The van der Waals surface area contributed by atoms with Crippen LogP contribution in [0.3, 0.4) is 0 Å². The van der Waals surface area contributed by atoms with E-state index in [2.05, 4.69) is 16.0 Å². The van der Waals surface area contributed by atoms with Gasteiger partial charge in [-0.3, -0.25) is 9.59 Å². The lowest BCUT2D eigenvalue weighted by Gasteiger charge is -2.08. The zero-order valence-corrected chi connectivity index (χ0v) is 19.7. The molecule has 0 heterocycles. The van der Waals surface area contributed by atoms with Gasteiger partial charge in [-0.2, -0.15) is 0 Å². The van der Waals surface area contributed by atoms with Crippen LogP contribution in [0.4, 0.5) is 0 Å². The Hall–Kier alpha value is -1.26. The first-order valence-electron chi connectivity index (χ1n) is 11.6. The molecule has 9 nitrogen and oxygen atoms in total. The van der Waals surface area contributed by atoms with Gasteiger partial charge in [-0.1, -0.05) is 25.7 Å². The minimum Gasteiger partial charge on any atom is -0.379 e. The van der Waals surface area contributed by atoms with Crippen LogP contribution in [0.25, 0.3) is 0 Å². The molecular weight excluding hydrogens is 402 g/mol. The molecule has 184 valence electrons. The van der Waals surface area contributed by atoms with Gasteiger partial charge in [0.15, 0.2) is 0 Å². The highest BCUT2D eigenvalue weighted by molar-refractivity contribution is 5.75. The van der Waals surface area contributed by atoms with Crippen molar-refractivity contribution in [1.29, 1.82) is 0 Å². The monoisotopic (exact) mass is 447 g/mol. The summed E-state index contributed by atoms with van der Waals surface area (Å²) in [6, 6.07) is 0. The van der Waals surface area contributed by atoms with Crippen LogP contribution < -0.4 is 16.0 Å². The highest BCUT2D eigenvalue weighted by Gasteiger charge is 2.01. The summed E-state index contributed by atoms with van der Waals surface area (Å²) in [5, 5.41) is 8.74. The van der Waals surface area contributed by atoms with Crippen LogP contribution >= 0.6 is 0 Å². The molecule has 9 heteroatoms. The molecule has 0 aliphatic carbocycles. The quantitative estimate of drug-likeness (QED) is 0.191. The van der Waals surface area contributed by atoms with Gasteiger partial charge in [-0.05, 0) is 19.9 Å². The number of likely N-dealkylation sites (N-methyl/N-ethyl adjacent to an activating group) is 1. The van der Waals surface area contributed by atoms with Crippen molar-refractivity contribution in [1.82, 2.24) is 16.0 Å². The van der Waals surface area contributed by atoms with Gasteiger partial charge >= 0.3 is 0 Å². The molecule has 0 aliphatic heterocycles. The molecule has 0 rings (SSSR count). The Morgan fingerprint density at radius 3 is 1.55 bits per heavy atom. The van der Waals surface area contributed by atoms with E-state index in [1.54, 1.807) is 6.92 Å². The number of rotatable bonds is 24. The molecule has 0 unspecified atom stereocenters. The van der Waals surface area contributed by atoms with Crippen molar-refractivity contribution in [2.75, 3.05) is 79.5 Å². The normalized spacial score (nSPS) is 10.9. The van der Waals surface area contributed by atoms with Crippen molar-refractivity contribution < 1.29 is 28.5 Å². The summed E-state index contributed by atoms with van der Waals surface area (Å²) < 4.78 is 21.5. The van der Waals surface area contributed by atoms with Crippen LogP contribution in [0.15, 0.2) is 0 Å². The number of amides is 2. The fourth-order valence-corrected chi connectivity index (χ4v) is 2.64. The molecule has 2 amide bonds. The minimum absolute atomic E-state index is 0.0292. The van der Waals surface area contributed by atoms with Crippen molar-refractivity contribution in [2.24, 2.45) is 0 Å². The molecule has 0 saturated carbocycles. The van der Waals surface area contributed by atoms with Gasteiger partial charge in [0.05, 0.1) is 52.9 Å². The summed E-state index contributed by atoms with van der Waals surface area (Å²) in [4.78, 5) is 22.5. The molecule has 0 aromatic heterocycles. The Bertz CT molecular complexity index is 413. The molecule has 0 fully saturated rings. The lowest BCUT2D eigenvalue weighted by atomic mass is 10.1. The fourth-order valence-electron chi connectivity index (χ4n) is 2.64. The molecule has 0 radical (unpaired) electrons. The summed E-state index contributed by atoms with van der Waals surface area (Å²) in [5.74, 6) is 0.0648. The second kappa shape index (κ2) is 25.0. The van der Waals surface area contributed by atoms with Crippen molar-refractivity contribution in [3.05, 3.63) is 0 Å². The predicted molar refractivity (Wildman–Crippen MR) is 121 cm³/mol. The van der Waals surface area contributed by atoms with E-state index < -0.39 is 0 Å². The highest BCUT2D eigenvalue weighted by Crippen LogP contribution is 2.04. The topological polar surface area (TPSA) is 107 Å². The van der Waals surface area contributed by atoms with Crippen LogP contribution in [-0.4, -0.2) is 91.4 Å². The van der Waals surface area contributed by atoms with E-state index in [-0.39, 0.29) is 11.8 Å². The third-order valence-electron chi connectivity index (χ3n) is 4.39. The number of hydrogen-bond donors (Lipinski definition) is 3. The number of ether oxygens (including phenoxy) is 4. The largest absolute Gasteiger partial charge is 0.379 e. The zero-order chi connectivity index (χ0) is 22.8. The molecule has 0 bridgehead atoms. The van der Waals surface area contributed by atoms with Crippen molar-refractivity contribution in [2.45, 2.75) is 51.9 Å². The standard InChI is InChI=1S/C22H45N3O6/c1-21(26)24-10-7-5-3-4-6-8-11-25-22(27)9-13-28-15-17-30-19-20-31-18-16-29-14-12-23-2/h23H,3-20H2,1-2H3,(H,24,26)(H,25,27). The Morgan fingerprint density at radius 2 is 1.03 bits per heavy atom. The predicted octanol–water partition coefficient (Wildman–Crippen LogP) is 1.26. The van der Waals surface area contributed by atoms with Gasteiger partial charge < -0.3 is 34.9 Å². The maximum atomic E-state index is 11.7. The van der Waals surface area contributed by atoms with Gasteiger partial charge in [0, 0.05) is 33.0 Å². The van der Waals surface area contributed by atoms with Gasteiger partial charge in [0.25, 0.3) is 0 Å². The van der Waals surface area contributed by atoms with E-state index >= 15 is 0 Å². The van der Waals surface area contributed by atoms with Crippen molar-refractivity contribution in [3.63, 3.8) is 0 Å². The summed E-state index contributed by atoms with van der Waals surface area (Å²) >= 11 is 0. The van der Waals surface area contributed by atoms with Crippen LogP contribution in [0, 0.1) is 0 Å². The van der Waals surface area contributed by atoms with Crippen LogP contribution in [0.5, 0.6) is 0 Å². The highest BCUT2D eigenvalue weighted by atomic mass is 16.6. The number of carbonyl (C=O) groups is 2. The third kappa shape index (κ3) is 26.7. The number of unbranched alkanes of at least 4 members (excludes halogenated alkanes) is 5. The minimum atomic E-state index is 0.0292. The second-order valence-corrected chi connectivity index (χ2v) is 7.26. The Morgan fingerprint density at radius 1 is 0.581 bits per heavy atom. The molecule has 0 spiro atoms. The molecule has 0 aliphatic rings. The van der Waals surface area contributed by atoms with Crippen LogP contribution in [0.1, 0.15) is 51.9 Å². The lowest BCUT2D eigenvalue weighted by molar-refractivity contribution is -0.122. The summed E-state index contributed by atoms with van der Waals surface area (Å²) in [7, 11) is 1.89. The van der Waals surface area contributed by atoms with Crippen LogP contribution in [-0.2, 0) is 28.5 Å². The molecule has 0 atom stereocenters. The SMILES string of the molecule is CNCCOCCOCCOCCOCCC(=O)NCCCCCCCCNC(C)=O. The Labute approximate surface area is 188 Å². The Balaban J connectivity index is 3.16. The molecule has 0 saturated heterocycles. The van der Waals surface area contributed by atoms with Crippen LogP contribution in [0.2, 0.25) is 0 Å². The molecule has 0 aromatic rings. The van der Waals surface area contributed by atoms with Gasteiger partial charge in [-0.15, -0.1) is 0 Å². The van der Waals surface area contributed by atoms with Crippen molar-refractivity contribution in [3.8, 4) is 0 Å². The number of nitrogens with one attached hydrogen (secondary N) is 3. The van der Waals surface area contributed by atoms with E-state index in [9.17, 15) is 9.59 Å². The maximum Gasteiger partial charge on any atom is 0.222 e. The maximum absolute atomic E-state index is 11.7. The third-order valence-corrected chi connectivity index (χ3v) is 4.39. The summed E-state index contributed by atoms with van der Waals surface area (Å²) in [6.45, 7) is 8.15. The van der Waals surface area contributed by atoms with Gasteiger partial charge in [0.2, 0.25) is 11.8 Å². The zero-order valence-electron chi connectivity index (χ0n) is 19.7. The van der Waals surface area contributed by atoms with E-state index in [1.165, 1.54) is 6.42 Å². The lowest BCUT2D eigenvalue weighted by Crippen LogP contribution is -2.25. The van der Waals surface area contributed by atoms with E-state index in [0.29, 0.717) is 65.8 Å². The smallest absolute Gasteiger partial charge is 0.222 e. The first-order chi connectivity index (χ1) is 15.2. The van der Waals surface area contributed by atoms with E-state index in [0.717, 1.165) is 45.2 Å². The molecular formula is C22H45N3O6. The average Bonchev–Trinajstić information content (AvgIpc) is 2.75. The average molecular weight is 448 g/mol. The van der Waals surface area contributed by atoms with Gasteiger partial charge in [-0.25, -0.2) is 0 Å². The second-order valence-electron chi connectivity index (χ2n) is 7.26. The van der Waals surface area contributed by atoms with Crippen molar-refractivity contribution >= 4 is 11.8 Å². The first kappa shape index (κ1) is 29.7. The Kier molecular flexibility index (Phi) is 24.0. The van der Waals surface area contributed by atoms with Gasteiger partial charge in [0.1, 0.15) is 0 Å². The fraction of sp³-hybridized carbons (Fsp3) is 0.909. The first-order valence-corrected chi connectivity index (χ1v) is 11.6. The number of hydrogen-bond acceptors (Lipinski definition) is 7. The molecule has 3 N–H and O–H groups in total. The summed E-state index contributed by atoms with van der Waals surface area (Å²) in [5.41, 5.74) is 0.